The zero-order valence-electron chi connectivity index (χ0n) is 18.2. The highest BCUT2D eigenvalue weighted by molar-refractivity contribution is 7.90. The summed E-state index contributed by atoms with van der Waals surface area (Å²) in [6, 6.07) is 17.9. The van der Waals surface area contributed by atoms with E-state index in [2.05, 4.69) is 10.8 Å². The van der Waals surface area contributed by atoms with Crippen LogP contribution in [0.15, 0.2) is 82.5 Å². The smallest absolute Gasteiger partial charge is 0.264 e. The molecule has 2 aromatic heterocycles. The lowest BCUT2D eigenvalue weighted by Crippen LogP contribution is -2.33. The minimum atomic E-state index is -3.94. The number of sulfonamides is 1. The molecule has 6 nitrogen and oxygen atoms in total. The van der Waals surface area contributed by atoms with Crippen LogP contribution in [0.1, 0.15) is 43.6 Å². The molecule has 2 aromatic carbocycles. The largest absolute Gasteiger partial charge is 0.472 e. The quantitative estimate of drug-likeness (QED) is 0.413. The van der Waals surface area contributed by atoms with E-state index in [1.54, 1.807) is 30.7 Å². The molecule has 1 aliphatic rings. The van der Waals surface area contributed by atoms with Gasteiger partial charge in [-0.15, -0.1) is 0 Å². The minimum absolute atomic E-state index is 0.0636. The maximum atomic E-state index is 13.0. The summed E-state index contributed by atoms with van der Waals surface area (Å²) in [5.74, 6) is -0.189. The average Bonchev–Trinajstić information content (AvgIpc) is 3.46. The molecule has 1 fully saturated rings. The van der Waals surface area contributed by atoms with Crippen molar-refractivity contribution in [2.24, 2.45) is 0 Å². The first-order valence-electron chi connectivity index (χ1n) is 11.3. The highest BCUT2D eigenvalue weighted by atomic mass is 32.2. The lowest BCUT2D eigenvalue weighted by molar-refractivity contribution is -0.119. The maximum Gasteiger partial charge on any atom is 0.264 e. The summed E-state index contributed by atoms with van der Waals surface area (Å²) in [4.78, 5) is 13.1. The molecule has 0 unspecified atom stereocenters. The number of carbonyl (C=O) groups excluding carboxylic acids is 1. The molecule has 0 atom stereocenters. The second-order valence-corrected chi connectivity index (χ2v) is 10.2. The van der Waals surface area contributed by atoms with Gasteiger partial charge in [-0.25, -0.2) is 13.1 Å². The molecule has 1 amide bonds. The number of furan rings is 1. The van der Waals surface area contributed by atoms with Crippen LogP contribution in [0.4, 0.5) is 0 Å². The summed E-state index contributed by atoms with van der Waals surface area (Å²) in [6.07, 6.45) is 9.14. The van der Waals surface area contributed by atoms with Gasteiger partial charge < -0.3 is 8.98 Å². The van der Waals surface area contributed by atoms with E-state index in [-0.39, 0.29) is 11.4 Å². The first kappa shape index (κ1) is 21.5. The molecule has 0 spiro atoms. The molecule has 1 aliphatic carbocycles. The van der Waals surface area contributed by atoms with Gasteiger partial charge in [0.25, 0.3) is 15.9 Å². The molecule has 2 heterocycles. The van der Waals surface area contributed by atoms with Crippen LogP contribution in [0.25, 0.3) is 22.2 Å². The van der Waals surface area contributed by atoms with Crippen LogP contribution in [-0.4, -0.2) is 18.9 Å². The molecule has 0 saturated heterocycles. The van der Waals surface area contributed by atoms with Gasteiger partial charge in [0.05, 0.1) is 23.1 Å². The summed E-state index contributed by atoms with van der Waals surface area (Å²) < 4.78 is 35.0. The topological polar surface area (TPSA) is 81.3 Å². The third-order valence-corrected chi connectivity index (χ3v) is 7.81. The molecule has 5 rings (SSSR count). The van der Waals surface area contributed by atoms with Crippen molar-refractivity contribution in [1.29, 1.82) is 0 Å². The van der Waals surface area contributed by atoms with E-state index in [9.17, 15) is 13.2 Å². The fourth-order valence-corrected chi connectivity index (χ4v) is 5.99. The maximum absolute atomic E-state index is 13.0. The predicted octanol–water partition coefficient (Wildman–Crippen LogP) is 5.45. The van der Waals surface area contributed by atoms with Crippen molar-refractivity contribution < 1.29 is 17.6 Å². The highest BCUT2D eigenvalue weighted by Gasteiger charge is 2.28. The normalized spacial score (nSPS) is 15.0. The third kappa shape index (κ3) is 4.20. The van der Waals surface area contributed by atoms with E-state index >= 15 is 0 Å². The Morgan fingerprint density at radius 1 is 0.970 bits per heavy atom. The van der Waals surface area contributed by atoms with Gasteiger partial charge in [0.1, 0.15) is 6.54 Å². The monoisotopic (exact) mass is 462 g/mol. The number of benzene rings is 2. The molecule has 170 valence electrons. The standard InChI is InChI=1S/C26H26N2O4S/c29-24(27-33(30,31)21-11-5-2-6-12-21)17-28-23-14-8-7-13-22(23)25(19-9-3-1-4-10-19)26(28)20-15-16-32-18-20/h2,5-8,11-16,18-19H,1,3-4,9-10,17H2,(H,27,29). The molecule has 33 heavy (non-hydrogen) atoms. The van der Waals surface area contributed by atoms with Gasteiger partial charge in [-0.05, 0) is 48.6 Å². The van der Waals surface area contributed by atoms with Crippen LogP contribution >= 0.6 is 0 Å². The predicted molar refractivity (Wildman–Crippen MR) is 127 cm³/mol. The number of aromatic nitrogens is 1. The van der Waals surface area contributed by atoms with E-state index in [1.807, 2.05) is 28.8 Å². The number of hydrogen-bond donors (Lipinski definition) is 1. The summed E-state index contributed by atoms with van der Waals surface area (Å²) in [5, 5.41) is 1.11. The van der Waals surface area contributed by atoms with Gasteiger partial charge in [0, 0.05) is 16.5 Å². The van der Waals surface area contributed by atoms with Crippen LogP contribution < -0.4 is 4.72 Å². The number of nitrogens with zero attached hydrogens (tertiary/aromatic N) is 1. The number of amides is 1. The van der Waals surface area contributed by atoms with E-state index in [0.717, 1.165) is 35.0 Å². The highest BCUT2D eigenvalue weighted by Crippen LogP contribution is 2.44. The fourth-order valence-electron chi connectivity index (χ4n) is 4.99. The Balaban J connectivity index is 1.58. The number of carbonyl (C=O) groups is 1. The number of rotatable bonds is 6. The molecule has 0 bridgehead atoms. The van der Waals surface area contributed by atoms with E-state index in [4.69, 9.17) is 4.42 Å². The Bertz CT molecular complexity index is 1370. The SMILES string of the molecule is O=C(Cn1c(-c2ccoc2)c(C2CCCCC2)c2ccccc21)NS(=O)(=O)c1ccccc1. The van der Waals surface area contributed by atoms with Crippen LogP contribution in [0, 0.1) is 0 Å². The molecule has 0 aliphatic heterocycles. The number of para-hydroxylation sites is 1. The molecule has 7 heteroatoms. The van der Waals surface area contributed by atoms with E-state index in [0.29, 0.717) is 5.92 Å². The summed E-state index contributed by atoms with van der Waals surface area (Å²) in [7, 11) is -3.94. The molecular formula is C26H26N2O4S. The number of hydrogen-bond acceptors (Lipinski definition) is 4. The van der Waals surface area contributed by atoms with Crippen molar-refractivity contribution in [3.8, 4) is 11.3 Å². The van der Waals surface area contributed by atoms with Crippen molar-refractivity contribution in [1.82, 2.24) is 9.29 Å². The van der Waals surface area contributed by atoms with Crippen LogP contribution in [0.5, 0.6) is 0 Å². The van der Waals surface area contributed by atoms with Crippen LogP contribution in [-0.2, 0) is 21.4 Å². The van der Waals surface area contributed by atoms with Gasteiger partial charge >= 0.3 is 0 Å². The summed E-state index contributed by atoms with van der Waals surface area (Å²) in [5.41, 5.74) is 3.97. The first-order valence-corrected chi connectivity index (χ1v) is 12.8. The van der Waals surface area contributed by atoms with Crippen molar-refractivity contribution in [3.63, 3.8) is 0 Å². The second kappa shape index (κ2) is 8.90. The first-order chi connectivity index (χ1) is 16.0. The zero-order valence-corrected chi connectivity index (χ0v) is 19.1. The van der Waals surface area contributed by atoms with E-state index in [1.165, 1.54) is 37.0 Å². The van der Waals surface area contributed by atoms with Crippen molar-refractivity contribution in [3.05, 3.63) is 78.8 Å². The van der Waals surface area contributed by atoms with Gasteiger partial charge in [0.15, 0.2) is 0 Å². The molecule has 1 N–H and O–H groups in total. The lowest BCUT2D eigenvalue weighted by atomic mass is 9.82. The van der Waals surface area contributed by atoms with Crippen molar-refractivity contribution in [2.75, 3.05) is 0 Å². The Hall–Kier alpha value is -3.32. The van der Waals surface area contributed by atoms with Gasteiger partial charge in [-0.1, -0.05) is 55.7 Å². The summed E-state index contributed by atoms with van der Waals surface area (Å²) >= 11 is 0. The van der Waals surface area contributed by atoms with Crippen LogP contribution in [0.3, 0.4) is 0 Å². The third-order valence-electron chi connectivity index (χ3n) is 6.42. The Morgan fingerprint density at radius 3 is 2.42 bits per heavy atom. The Morgan fingerprint density at radius 2 is 1.70 bits per heavy atom. The summed E-state index contributed by atoms with van der Waals surface area (Å²) in [6.45, 7) is -0.111. The number of fused-ring (bicyclic) bond motifs is 1. The number of nitrogens with one attached hydrogen (secondary N) is 1. The van der Waals surface area contributed by atoms with Gasteiger partial charge in [-0.3, -0.25) is 4.79 Å². The molecule has 0 radical (unpaired) electrons. The minimum Gasteiger partial charge on any atom is -0.472 e. The molecule has 1 saturated carbocycles. The Kier molecular flexibility index (Phi) is 5.81. The van der Waals surface area contributed by atoms with E-state index < -0.39 is 15.9 Å². The van der Waals surface area contributed by atoms with Gasteiger partial charge in [-0.2, -0.15) is 0 Å². The lowest BCUT2D eigenvalue weighted by Gasteiger charge is -2.23. The van der Waals surface area contributed by atoms with Crippen LogP contribution in [0.2, 0.25) is 0 Å². The van der Waals surface area contributed by atoms with Gasteiger partial charge in [0.2, 0.25) is 0 Å². The second-order valence-electron chi connectivity index (χ2n) is 8.55. The Labute approximate surface area is 193 Å². The molecule has 4 aromatic rings. The average molecular weight is 463 g/mol. The molecular weight excluding hydrogens is 436 g/mol. The fraction of sp³-hybridized carbons (Fsp3) is 0.269. The van der Waals surface area contributed by atoms with Crippen molar-refractivity contribution >= 4 is 26.8 Å². The zero-order chi connectivity index (χ0) is 22.8. The van der Waals surface area contributed by atoms with Crippen molar-refractivity contribution in [2.45, 2.75) is 49.5 Å².